The summed E-state index contributed by atoms with van der Waals surface area (Å²) in [7, 11) is 1.61. The zero-order valence-electron chi connectivity index (χ0n) is 14.4. The highest BCUT2D eigenvalue weighted by Crippen LogP contribution is 2.25. The number of methoxy groups -OCH3 is 1. The Bertz CT molecular complexity index is 854. The van der Waals surface area contributed by atoms with Gasteiger partial charge in [0.1, 0.15) is 17.7 Å². The molecule has 0 N–H and O–H groups in total. The third-order valence-electron chi connectivity index (χ3n) is 4.50. The summed E-state index contributed by atoms with van der Waals surface area (Å²) in [4.78, 5) is 15.5. The van der Waals surface area contributed by atoms with Gasteiger partial charge < -0.3 is 14.4 Å². The van der Waals surface area contributed by atoms with Crippen LogP contribution in [0.1, 0.15) is 18.4 Å². The van der Waals surface area contributed by atoms with Gasteiger partial charge in [0, 0.05) is 56.2 Å². The second-order valence-corrected chi connectivity index (χ2v) is 6.22. The highest BCUT2D eigenvalue weighted by molar-refractivity contribution is 5.50. The first kappa shape index (κ1) is 15.7. The molecule has 0 spiro atoms. The molecule has 1 aliphatic rings. The van der Waals surface area contributed by atoms with E-state index in [1.54, 1.807) is 19.5 Å². The van der Waals surface area contributed by atoms with Gasteiger partial charge in [-0.05, 0) is 13.0 Å². The minimum atomic E-state index is 0.196. The fourth-order valence-electron chi connectivity index (χ4n) is 3.20. The number of aryl methyl sites for hydroxylation is 1. The van der Waals surface area contributed by atoms with Crippen LogP contribution in [0.2, 0.25) is 0 Å². The van der Waals surface area contributed by atoms with Crippen molar-refractivity contribution in [2.45, 2.75) is 25.9 Å². The fourth-order valence-corrected chi connectivity index (χ4v) is 3.20. The molecule has 3 aromatic rings. The van der Waals surface area contributed by atoms with E-state index in [0.717, 1.165) is 48.8 Å². The van der Waals surface area contributed by atoms with Crippen molar-refractivity contribution in [1.82, 2.24) is 19.4 Å². The normalized spacial score (nSPS) is 15.5. The Morgan fingerprint density at radius 3 is 2.72 bits per heavy atom. The number of ether oxygens (including phenoxy) is 2. The van der Waals surface area contributed by atoms with Crippen molar-refractivity contribution < 1.29 is 9.47 Å². The summed E-state index contributed by atoms with van der Waals surface area (Å²) in [5.41, 5.74) is 1.16. The largest absolute Gasteiger partial charge is 0.489 e. The number of hydrogen-bond acceptors (Lipinski definition) is 6. The summed E-state index contributed by atoms with van der Waals surface area (Å²) >= 11 is 0. The summed E-state index contributed by atoms with van der Waals surface area (Å²) < 4.78 is 13.1. The van der Waals surface area contributed by atoms with E-state index >= 15 is 0 Å². The molecule has 1 saturated heterocycles. The van der Waals surface area contributed by atoms with Gasteiger partial charge in [-0.3, -0.25) is 4.40 Å². The van der Waals surface area contributed by atoms with Gasteiger partial charge in [-0.15, -0.1) is 0 Å². The van der Waals surface area contributed by atoms with Crippen molar-refractivity contribution >= 4 is 11.6 Å². The van der Waals surface area contributed by atoms with Gasteiger partial charge in [0.05, 0.1) is 13.3 Å². The van der Waals surface area contributed by atoms with Gasteiger partial charge in [0.15, 0.2) is 0 Å². The quantitative estimate of drug-likeness (QED) is 0.728. The van der Waals surface area contributed by atoms with Crippen molar-refractivity contribution in [1.29, 1.82) is 0 Å². The molecule has 7 nitrogen and oxygen atoms in total. The standard InChI is InChI=1S/C18H21N5O2/c1-13-12-23-10-7-19-18(23)21-17(13)22-8-5-14(6-9-22)25-15-3-4-16(24-2)20-11-15/h3-4,7,10-12,14H,5-6,8-9H2,1-2H3. The number of fused-ring (bicyclic) bond motifs is 1. The van der Waals surface area contributed by atoms with Crippen LogP contribution in [0.5, 0.6) is 11.6 Å². The van der Waals surface area contributed by atoms with Crippen LogP contribution in [0.25, 0.3) is 5.78 Å². The Morgan fingerprint density at radius 1 is 1.16 bits per heavy atom. The molecule has 130 valence electrons. The molecule has 0 amide bonds. The van der Waals surface area contributed by atoms with Crippen molar-refractivity contribution in [3.63, 3.8) is 0 Å². The Labute approximate surface area is 146 Å². The Morgan fingerprint density at radius 2 is 2.00 bits per heavy atom. The van der Waals surface area contributed by atoms with E-state index < -0.39 is 0 Å². The Hall–Kier alpha value is -2.83. The van der Waals surface area contributed by atoms with Crippen LogP contribution in [0, 0.1) is 6.92 Å². The first-order chi connectivity index (χ1) is 12.2. The van der Waals surface area contributed by atoms with Gasteiger partial charge in [0.25, 0.3) is 0 Å². The molecule has 0 bridgehead atoms. The van der Waals surface area contributed by atoms with E-state index in [2.05, 4.69) is 28.0 Å². The molecule has 25 heavy (non-hydrogen) atoms. The second kappa shape index (κ2) is 6.58. The first-order valence-electron chi connectivity index (χ1n) is 8.45. The van der Waals surface area contributed by atoms with Gasteiger partial charge in [-0.25, -0.2) is 9.97 Å². The summed E-state index contributed by atoms with van der Waals surface area (Å²) in [6.45, 7) is 3.92. The molecule has 3 aromatic heterocycles. The summed E-state index contributed by atoms with van der Waals surface area (Å²) in [5, 5.41) is 0. The van der Waals surface area contributed by atoms with Gasteiger partial charge in [-0.2, -0.15) is 4.98 Å². The average Bonchev–Trinajstić information content (AvgIpc) is 3.09. The van der Waals surface area contributed by atoms with Crippen LogP contribution in [0.3, 0.4) is 0 Å². The highest BCUT2D eigenvalue weighted by Gasteiger charge is 2.23. The SMILES string of the molecule is COc1ccc(OC2CCN(c3nc4nccn4cc3C)CC2)cn1. The number of anilines is 1. The highest BCUT2D eigenvalue weighted by atomic mass is 16.5. The van der Waals surface area contributed by atoms with Crippen LogP contribution < -0.4 is 14.4 Å². The van der Waals surface area contributed by atoms with E-state index in [1.165, 1.54) is 0 Å². The number of pyridine rings is 1. The molecule has 0 aromatic carbocycles. The lowest BCUT2D eigenvalue weighted by Gasteiger charge is -2.33. The molecule has 1 fully saturated rings. The minimum absolute atomic E-state index is 0.196. The smallest absolute Gasteiger partial charge is 0.235 e. The van der Waals surface area contributed by atoms with Crippen LogP contribution in [-0.2, 0) is 0 Å². The van der Waals surface area contributed by atoms with E-state index in [9.17, 15) is 0 Å². The van der Waals surface area contributed by atoms with Crippen molar-refractivity contribution in [2.75, 3.05) is 25.1 Å². The number of hydrogen-bond donors (Lipinski definition) is 0. The molecular weight excluding hydrogens is 318 g/mol. The average molecular weight is 339 g/mol. The Kier molecular flexibility index (Phi) is 4.13. The van der Waals surface area contributed by atoms with Crippen LogP contribution in [0.4, 0.5) is 5.82 Å². The third kappa shape index (κ3) is 3.22. The summed E-state index contributed by atoms with van der Waals surface area (Å²) in [6, 6.07) is 3.72. The lowest BCUT2D eigenvalue weighted by molar-refractivity contribution is 0.170. The maximum Gasteiger partial charge on any atom is 0.235 e. The summed E-state index contributed by atoms with van der Waals surface area (Å²) in [6.07, 6.45) is 9.58. The van der Waals surface area contributed by atoms with Crippen molar-refractivity contribution in [2.24, 2.45) is 0 Å². The van der Waals surface area contributed by atoms with Crippen molar-refractivity contribution in [3.8, 4) is 11.6 Å². The molecule has 0 unspecified atom stereocenters. The first-order valence-corrected chi connectivity index (χ1v) is 8.45. The number of aromatic nitrogens is 4. The van der Waals surface area contributed by atoms with Gasteiger partial charge >= 0.3 is 0 Å². The second-order valence-electron chi connectivity index (χ2n) is 6.22. The molecule has 4 heterocycles. The predicted molar refractivity (Wildman–Crippen MR) is 94.4 cm³/mol. The molecule has 7 heteroatoms. The molecule has 0 atom stereocenters. The molecule has 0 radical (unpaired) electrons. The number of piperidine rings is 1. The van der Waals surface area contributed by atoms with E-state index in [-0.39, 0.29) is 6.10 Å². The third-order valence-corrected chi connectivity index (χ3v) is 4.50. The number of rotatable bonds is 4. The van der Waals surface area contributed by atoms with Crippen molar-refractivity contribution in [3.05, 3.63) is 42.5 Å². The summed E-state index contributed by atoms with van der Waals surface area (Å²) in [5.74, 6) is 3.14. The number of nitrogens with zero attached hydrogens (tertiary/aromatic N) is 5. The van der Waals surface area contributed by atoms with Crippen LogP contribution in [-0.4, -0.2) is 45.7 Å². The van der Waals surface area contributed by atoms with Crippen LogP contribution >= 0.6 is 0 Å². The number of imidazole rings is 1. The Balaban J connectivity index is 1.40. The maximum absolute atomic E-state index is 6.05. The molecule has 0 aliphatic carbocycles. The molecule has 0 saturated carbocycles. The van der Waals surface area contributed by atoms with Gasteiger partial charge in [-0.1, -0.05) is 0 Å². The fraction of sp³-hybridized carbons (Fsp3) is 0.389. The topological polar surface area (TPSA) is 64.8 Å². The van der Waals surface area contributed by atoms with Gasteiger partial charge in [0.2, 0.25) is 11.7 Å². The monoisotopic (exact) mass is 339 g/mol. The molecule has 1 aliphatic heterocycles. The van der Waals surface area contributed by atoms with E-state index in [0.29, 0.717) is 5.88 Å². The predicted octanol–water partition coefficient (Wildman–Crippen LogP) is 2.49. The van der Waals surface area contributed by atoms with Crippen LogP contribution in [0.15, 0.2) is 36.9 Å². The lowest BCUT2D eigenvalue weighted by Crippen LogP contribution is -2.39. The maximum atomic E-state index is 6.05. The zero-order valence-corrected chi connectivity index (χ0v) is 14.4. The lowest BCUT2D eigenvalue weighted by atomic mass is 10.1. The van der Waals surface area contributed by atoms with E-state index in [1.807, 2.05) is 22.7 Å². The molecular formula is C18H21N5O2. The minimum Gasteiger partial charge on any atom is -0.489 e. The van der Waals surface area contributed by atoms with E-state index in [4.69, 9.17) is 14.5 Å². The molecule has 4 rings (SSSR count). The zero-order chi connectivity index (χ0) is 17.2.